The van der Waals surface area contributed by atoms with Gasteiger partial charge in [0.1, 0.15) is 0 Å². The molecular formula is C45H36N2. The van der Waals surface area contributed by atoms with Crippen LogP contribution >= 0.6 is 0 Å². The highest BCUT2D eigenvalue weighted by atomic mass is 14.9. The number of aliphatic imine (C=N–C) groups is 2. The highest BCUT2D eigenvalue weighted by Gasteiger charge is 2.35. The van der Waals surface area contributed by atoms with Gasteiger partial charge in [-0.25, -0.2) is 9.98 Å². The highest BCUT2D eigenvalue weighted by Crippen LogP contribution is 2.49. The lowest BCUT2D eigenvalue weighted by Crippen LogP contribution is -2.14. The van der Waals surface area contributed by atoms with Gasteiger partial charge in [0.2, 0.25) is 0 Å². The van der Waals surface area contributed by atoms with Crippen molar-refractivity contribution in [3.05, 3.63) is 191 Å². The largest absolute Gasteiger partial charge is 0.228 e. The number of rotatable bonds is 5. The standard InChI is InChI=1S/C45H36N2/c1-45(2)40-20-10-9-19-38(40)39-28-27-37(30-41(39)45)36-18-11-17-35(29-36)31-23-25-33(26-24-31)43-22-12-21-42(32-13-5-3-6-14-32)46-44(47-43)34-15-7-4-8-16-34/h3-23,25,27-30H,24,26H2,1-2H3/b21-12?,22-12+,42-21+,43-22?,46-42?,46-44-,47-43+,47-44?. The topological polar surface area (TPSA) is 24.7 Å². The molecule has 2 heteroatoms. The molecule has 0 radical (unpaired) electrons. The monoisotopic (exact) mass is 604 g/mol. The molecule has 226 valence electrons. The number of nitrogens with zero attached hydrogens (tertiary/aromatic N) is 2. The summed E-state index contributed by atoms with van der Waals surface area (Å²) < 4.78 is 0. The summed E-state index contributed by atoms with van der Waals surface area (Å²) in [5.41, 5.74) is 15.8. The summed E-state index contributed by atoms with van der Waals surface area (Å²) in [6.45, 7) is 4.69. The molecule has 0 fully saturated rings. The lowest BCUT2D eigenvalue weighted by molar-refractivity contribution is 0.660. The minimum atomic E-state index is -0.00912. The predicted molar refractivity (Wildman–Crippen MR) is 199 cm³/mol. The van der Waals surface area contributed by atoms with E-state index in [9.17, 15) is 0 Å². The molecule has 0 amide bonds. The summed E-state index contributed by atoms with van der Waals surface area (Å²) in [5, 5.41) is 0. The van der Waals surface area contributed by atoms with Crippen LogP contribution < -0.4 is 0 Å². The van der Waals surface area contributed by atoms with Crippen molar-refractivity contribution in [2.24, 2.45) is 9.98 Å². The minimum absolute atomic E-state index is 0.00912. The molecule has 0 saturated carbocycles. The first-order valence-corrected chi connectivity index (χ1v) is 16.5. The van der Waals surface area contributed by atoms with Crippen molar-refractivity contribution in [1.82, 2.24) is 0 Å². The zero-order valence-electron chi connectivity index (χ0n) is 26.8. The number of benzene rings is 5. The van der Waals surface area contributed by atoms with Gasteiger partial charge in [-0.15, -0.1) is 0 Å². The van der Waals surface area contributed by atoms with Gasteiger partial charge in [-0.2, -0.15) is 0 Å². The average molecular weight is 605 g/mol. The molecule has 0 bridgehead atoms. The van der Waals surface area contributed by atoms with Gasteiger partial charge in [0.05, 0.1) is 11.4 Å². The summed E-state index contributed by atoms with van der Waals surface area (Å²) in [6, 6.07) is 45.4. The molecule has 1 heterocycles. The maximum absolute atomic E-state index is 5.15. The van der Waals surface area contributed by atoms with Gasteiger partial charge in [-0.3, -0.25) is 0 Å². The Morgan fingerprint density at radius 3 is 1.91 bits per heavy atom. The highest BCUT2D eigenvalue weighted by molar-refractivity contribution is 6.18. The molecule has 3 aliphatic rings. The molecule has 0 atom stereocenters. The van der Waals surface area contributed by atoms with Crippen LogP contribution in [-0.2, 0) is 5.41 Å². The van der Waals surface area contributed by atoms with Gasteiger partial charge in [0.15, 0.2) is 5.84 Å². The van der Waals surface area contributed by atoms with Gasteiger partial charge >= 0.3 is 0 Å². The summed E-state index contributed by atoms with van der Waals surface area (Å²) >= 11 is 0. The molecule has 2 aliphatic carbocycles. The van der Waals surface area contributed by atoms with Gasteiger partial charge in [-0.1, -0.05) is 147 Å². The Labute approximate surface area is 277 Å². The van der Waals surface area contributed by atoms with Crippen LogP contribution in [0.5, 0.6) is 0 Å². The number of amidine groups is 1. The molecule has 8 rings (SSSR count). The minimum Gasteiger partial charge on any atom is -0.228 e. The normalized spacial score (nSPS) is 20.4. The molecule has 0 spiro atoms. The zero-order valence-corrected chi connectivity index (χ0v) is 26.8. The second kappa shape index (κ2) is 12.0. The third-order valence-electron chi connectivity index (χ3n) is 9.69. The van der Waals surface area contributed by atoms with Crippen molar-refractivity contribution in [1.29, 1.82) is 0 Å². The number of hydrogen-bond donors (Lipinski definition) is 0. The zero-order chi connectivity index (χ0) is 31.8. The van der Waals surface area contributed by atoms with E-state index < -0.39 is 0 Å². The van der Waals surface area contributed by atoms with Crippen molar-refractivity contribution >= 4 is 22.8 Å². The van der Waals surface area contributed by atoms with Crippen LogP contribution in [0, 0.1) is 0 Å². The maximum atomic E-state index is 5.15. The summed E-state index contributed by atoms with van der Waals surface area (Å²) in [4.78, 5) is 10.2. The summed E-state index contributed by atoms with van der Waals surface area (Å²) in [7, 11) is 0. The smallest absolute Gasteiger partial charge is 0.160 e. The van der Waals surface area contributed by atoms with Gasteiger partial charge < -0.3 is 0 Å². The Hall–Kier alpha value is -5.60. The van der Waals surface area contributed by atoms with E-state index in [1.54, 1.807) is 0 Å². The van der Waals surface area contributed by atoms with Crippen molar-refractivity contribution in [3.63, 3.8) is 0 Å². The van der Waals surface area contributed by atoms with E-state index >= 15 is 0 Å². The van der Waals surface area contributed by atoms with Crippen molar-refractivity contribution < 1.29 is 0 Å². The Balaban J connectivity index is 1.10. The van der Waals surface area contributed by atoms with E-state index in [0.717, 1.165) is 41.2 Å². The van der Waals surface area contributed by atoms with Gasteiger partial charge in [0, 0.05) is 16.5 Å². The third kappa shape index (κ3) is 5.47. The molecule has 2 nitrogen and oxygen atoms in total. The lowest BCUT2D eigenvalue weighted by atomic mass is 9.81. The average Bonchev–Trinajstić information content (AvgIpc) is 3.35. The van der Waals surface area contributed by atoms with Crippen LogP contribution in [0.2, 0.25) is 0 Å². The molecule has 0 unspecified atom stereocenters. The molecule has 0 aromatic heterocycles. The lowest BCUT2D eigenvalue weighted by Gasteiger charge is -2.22. The quantitative estimate of drug-likeness (QED) is 0.191. The Morgan fingerprint density at radius 1 is 0.489 bits per heavy atom. The molecule has 0 saturated heterocycles. The van der Waals surface area contributed by atoms with E-state index in [2.05, 4.69) is 135 Å². The first-order chi connectivity index (χ1) is 23.0. The van der Waals surface area contributed by atoms with E-state index in [-0.39, 0.29) is 5.41 Å². The van der Waals surface area contributed by atoms with E-state index in [0.29, 0.717) is 0 Å². The van der Waals surface area contributed by atoms with Crippen molar-refractivity contribution in [2.75, 3.05) is 0 Å². The molecule has 47 heavy (non-hydrogen) atoms. The molecule has 5 aromatic carbocycles. The summed E-state index contributed by atoms with van der Waals surface area (Å²) in [5.74, 6) is 0.726. The van der Waals surface area contributed by atoms with Crippen LogP contribution in [0.4, 0.5) is 0 Å². The van der Waals surface area contributed by atoms with E-state index in [4.69, 9.17) is 9.98 Å². The van der Waals surface area contributed by atoms with E-state index in [1.807, 2.05) is 36.4 Å². The van der Waals surface area contributed by atoms with Crippen LogP contribution in [0.3, 0.4) is 0 Å². The first kappa shape index (κ1) is 28.8. The van der Waals surface area contributed by atoms with Crippen molar-refractivity contribution in [3.8, 4) is 22.3 Å². The summed E-state index contributed by atoms with van der Waals surface area (Å²) in [6.07, 6.45) is 12.7. The number of fused-ring (bicyclic) bond motifs is 3. The van der Waals surface area contributed by atoms with Crippen LogP contribution in [0.1, 0.15) is 54.5 Å². The van der Waals surface area contributed by atoms with Crippen LogP contribution in [0.15, 0.2) is 173 Å². The number of allylic oxidation sites excluding steroid dienone is 7. The Bertz CT molecular complexity index is 2190. The third-order valence-corrected chi connectivity index (χ3v) is 9.69. The van der Waals surface area contributed by atoms with E-state index in [1.165, 1.54) is 50.1 Å². The molecular weight excluding hydrogens is 569 g/mol. The predicted octanol–water partition coefficient (Wildman–Crippen LogP) is 11.3. The van der Waals surface area contributed by atoms with Gasteiger partial charge in [-0.05, 0) is 87.2 Å². The SMILES string of the molecule is CC1(C)c2ccccc2-c2ccc(-c3cccc(C4=CC=C(C5=N/C(c6ccccc6)=N\C(c6ccccc6)=C\C=C\5)CC4)c3)cc21. The van der Waals surface area contributed by atoms with Gasteiger partial charge in [0.25, 0.3) is 0 Å². The fraction of sp³-hybridized carbons (Fsp3) is 0.111. The first-order valence-electron chi connectivity index (χ1n) is 16.5. The fourth-order valence-electron chi connectivity index (χ4n) is 7.10. The molecule has 0 N–H and O–H groups in total. The Morgan fingerprint density at radius 2 is 1.13 bits per heavy atom. The maximum Gasteiger partial charge on any atom is 0.160 e. The molecule has 5 aromatic rings. The van der Waals surface area contributed by atoms with Crippen LogP contribution in [-0.4, -0.2) is 11.5 Å². The molecule has 1 aliphatic heterocycles. The van der Waals surface area contributed by atoms with Crippen LogP contribution in [0.25, 0.3) is 33.5 Å². The number of hydrogen-bond acceptors (Lipinski definition) is 2. The second-order valence-corrected chi connectivity index (χ2v) is 13.0. The fourth-order valence-corrected chi connectivity index (χ4v) is 7.10. The Kier molecular flexibility index (Phi) is 7.34. The van der Waals surface area contributed by atoms with Crippen molar-refractivity contribution in [2.45, 2.75) is 32.1 Å². The second-order valence-electron chi connectivity index (χ2n) is 13.0.